The highest BCUT2D eigenvalue weighted by atomic mass is 19.4. The van der Waals surface area contributed by atoms with Crippen LogP contribution >= 0.6 is 0 Å². The van der Waals surface area contributed by atoms with Crippen molar-refractivity contribution in [2.24, 2.45) is 0 Å². The van der Waals surface area contributed by atoms with Crippen molar-refractivity contribution in [1.82, 2.24) is 0 Å². The highest BCUT2D eigenvalue weighted by Crippen LogP contribution is 2.39. The maximum Gasteiger partial charge on any atom is 0.573 e. The molecule has 3 nitrogen and oxygen atoms in total. The van der Waals surface area contributed by atoms with Crippen LogP contribution in [-0.2, 0) is 0 Å². The highest BCUT2D eigenvalue weighted by Gasteiger charge is 2.34. The molecule has 0 aliphatic rings. The van der Waals surface area contributed by atoms with Crippen molar-refractivity contribution in [1.29, 1.82) is 0 Å². The summed E-state index contributed by atoms with van der Waals surface area (Å²) >= 11 is 0. The summed E-state index contributed by atoms with van der Waals surface area (Å²) in [5.74, 6) is -1.21. The Morgan fingerprint density at radius 3 is 2.25 bits per heavy atom. The van der Waals surface area contributed by atoms with E-state index in [1.807, 2.05) is 0 Å². The van der Waals surface area contributed by atoms with Crippen LogP contribution in [-0.4, -0.2) is 6.36 Å². The largest absolute Gasteiger partial charge is 0.573 e. The van der Waals surface area contributed by atoms with Gasteiger partial charge in [0.2, 0.25) is 0 Å². The summed E-state index contributed by atoms with van der Waals surface area (Å²) in [6, 6.07) is 2.39. The van der Waals surface area contributed by atoms with Gasteiger partial charge < -0.3 is 4.74 Å². The fourth-order valence-corrected chi connectivity index (χ4v) is 0.980. The summed E-state index contributed by atoms with van der Waals surface area (Å²) in [5.41, 5.74) is -1.35. The molecular weight excluding hydrogens is 242 g/mol. The van der Waals surface area contributed by atoms with Gasteiger partial charge in [-0.25, -0.2) is 5.54 Å². The predicted molar refractivity (Wildman–Crippen MR) is 42.6 cm³/mol. The van der Waals surface area contributed by atoms with Gasteiger partial charge in [0.25, 0.3) is 0 Å². The molecule has 1 aromatic rings. The second-order valence-electron chi connectivity index (χ2n) is 2.53. The Kier molecular flexibility index (Phi) is 3.35. The lowest BCUT2D eigenvalue weighted by Crippen LogP contribution is -2.18. The van der Waals surface area contributed by atoms with Crippen LogP contribution in [0.3, 0.4) is 0 Å². The van der Waals surface area contributed by atoms with E-state index < -0.39 is 28.8 Å². The second kappa shape index (κ2) is 4.37. The molecule has 0 bridgehead atoms. The zero-order valence-corrected chi connectivity index (χ0v) is 7.36. The number of hydrogen-bond donors (Lipinski definition) is 1. The molecule has 0 unspecified atom stereocenters. The maximum absolute atomic E-state index is 12.2. The van der Waals surface area contributed by atoms with Crippen LogP contribution in [0.15, 0.2) is 18.2 Å². The van der Waals surface area contributed by atoms with E-state index >= 15 is 0 Å². The summed E-state index contributed by atoms with van der Waals surface area (Å²) in [6.07, 6.45) is -5.14. The molecular formula is C7H4F6N2O. The topological polar surface area (TPSA) is 24.5 Å². The summed E-state index contributed by atoms with van der Waals surface area (Å²) < 4.78 is 75.2. The van der Waals surface area contributed by atoms with E-state index in [1.165, 1.54) is 0 Å². The van der Waals surface area contributed by atoms with Gasteiger partial charge in [-0.15, -0.1) is 17.7 Å². The van der Waals surface area contributed by atoms with Gasteiger partial charge >= 0.3 is 6.36 Å². The van der Waals surface area contributed by atoms with Crippen LogP contribution in [0.4, 0.5) is 38.0 Å². The number of ether oxygens (including phenoxy) is 1. The first-order chi connectivity index (χ1) is 7.35. The van der Waals surface area contributed by atoms with Crippen LogP contribution in [0.25, 0.3) is 0 Å². The second-order valence-corrected chi connectivity index (χ2v) is 2.53. The molecule has 0 aliphatic carbocycles. The van der Waals surface area contributed by atoms with Gasteiger partial charge in [-0.05, 0) is 17.5 Å². The smallest absolute Gasteiger partial charge is 0.403 e. The van der Waals surface area contributed by atoms with E-state index in [-0.39, 0.29) is 0 Å². The first-order valence-electron chi connectivity index (χ1n) is 3.72. The normalized spacial score (nSPS) is 11.1. The summed E-state index contributed by atoms with van der Waals surface area (Å²) in [6.45, 7) is 0. The Morgan fingerprint density at radius 1 is 1.19 bits per heavy atom. The Hall–Kier alpha value is -1.80. The Morgan fingerprint density at radius 2 is 1.81 bits per heavy atom. The predicted octanol–water partition coefficient (Wildman–Crippen LogP) is 3.46. The average molecular weight is 246 g/mol. The highest BCUT2D eigenvalue weighted by molar-refractivity contribution is 5.74. The molecule has 0 atom stereocenters. The SMILES string of the molecule is FNc1cccc(OC(F)(F)F)c1N(F)F. The lowest BCUT2D eigenvalue weighted by molar-refractivity contribution is -0.274. The van der Waals surface area contributed by atoms with E-state index in [9.17, 15) is 26.6 Å². The average Bonchev–Trinajstić information content (AvgIpc) is 2.14. The monoisotopic (exact) mass is 246 g/mol. The van der Waals surface area contributed by atoms with Crippen molar-refractivity contribution in [2.45, 2.75) is 6.36 Å². The Bertz CT molecular complexity index is 366. The fourth-order valence-electron chi connectivity index (χ4n) is 0.980. The van der Waals surface area contributed by atoms with Crippen LogP contribution in [0, 0.1) is 0 Å². The van der Waals surface area contributed by atoms with Gasteiger partial charge in [0, 0.05) is 0 Å². The van der Waals surface area contributed by atoms with Crippen molar-refractivity contribution >= 4 is 11.4 Å². The summed E-state index contributed by atoms with van der Waals surface area (Å²) in [5, 5.41) is -1.68. The number of hydrogen-bond acceptors (Lipinski definition) is 3. The molecule has 0 amide bonds. The Labute approximate surface area is 85.0 Å². The van der Waals surface area contributed by atoms with E-state index in [1.54, 1.807) is 0 Å². The van der Waals surface area contributed by atoms with E-state index in [0.29, 0.717) is 6.07 Å². The first-order valence-corrected chi connectivity index (χ1v) is 3.72. The number of nitrogens with one attached hydrogen (secondary N) is 1. The molecule has 1 N–H and O–H groups in total. The summed E-state index contributed by atoms with van der Waals surface area (Å²) in [7, 11) is 0. The summed E-state index contributed by atoms with van der Waals surface area (Å²) in [4.78, 5) is 0. The number of benzene rings is 1. The Balaban J connectivity index is 3.17. The quantitative estimate of drug-likeness (QED) is 0.652. The van der Waals surface area contributed by atoms with Gasteiger partial charge in [-0.1, -0.05) is 15.0 Å². The molecule has 90 valence electrons. The van der Waals surface area contributed by atoms with Crippen LogP contribution in [0.2, 0.25) is 0 Å². The molecule has 0 spiro atoms. The molecule has 0 saturated carbocycles. The molecule has 1 aromatic carbocycles. The third-order valence-electron chi connectivity index (χ3n) is 1.50. The van der Waals surface area contributed by atoms with E-state index in [2.05, 4.69) is 4.74 Å². The van der Waals surface area contributed by atoms with Gasteiger partial charge in [0.05, 0.1) is 5.69 Å². The zero-order chi connectivity index (χ0) is 12.3. The molecule has 1 rings (SSSR count). The van der Waals surface area contributed by atoms with Crippen LogP contribution in [0.5, 0.6) is 5.75 Å². The number of halogens is 6. The molecule has 0 fully saturated rings. The maximum atomic E-state index is 12.2. The number of rotatable bonds is 3. The molecule has 16 heavy (non-hydrogen) atoms. The van der Waals surface area contributed by atoms with E-state index in [4.69, 9.17) is 0 Å². The van der Waals surface area contributed by atoms with Crippen molar-refractivity contribution in [2.75, 3.05) is 10.9 Å². The van der Waals surface area contributed by atoms with Crippen LogP contribution < -0.4 is 15.6 Å². The fraction of sp³-hybridized carbons (Fsp3) is 0.143. The third kappa shape index (κ3) is 2.84. The van der Waals surface area contributed by atoms with Crippen LogP contribution in [0.1, 0.15) is 0 Å². The molecule has 0 heterocycles. The number of alkyl halides is 3. The first kappa shape index (κ1) is 12.3. The standard InChI is InChI=1S/C7H4F6N2O/c8-7(9,10)16-5-3-1-2-4(14-11)6(5)15(12)13/h1-3,14H. The van der Waals surface area contributed by atoms with Crippen molar-refractivity contribution in [3.63, 3.8) is 0 Å². The molecule has 0 saturated heterocycles. The van der Waals surface area contributed by atoms with Gasteiger partial charge in [0.15, 0.2) is 11.4 Å². The zero-order valence-electron chi connectivity index (χ0n) is 7.36. The van der Waals surface area contributed by atoms with Gasteiger partial charge in [-0.2, -0.15) is 0 Å². The lowest BCUT2D eigenvalue weighted by atomic mass is 10.2. The number of para-hydroxylation sites is 1. The molecule has 0 aromatic heterocycles. The number of anilines is 2. The minimum atomic E-state index is -5.14. The molecule has 0 aliphatic heterocycles. The van der Waals surface area contributed by atoms with Crippen molar-refractivity contribution in [3.05, 3.63) is 18.2 Å². The van der Waals surface area contributed by atoms with E-state index in [0.717, 1.165) is 17.7 Å². The molecule has 9 heteroatoms. The van der Waals surface area contributed by atoms with Crippen molar-refractivity contribution < 1.29 is 31.4 Å². The van der Waals surface area contributed by atoms with Gasteiger partial charge in [-0.3, -0.25) is 0 Å². The third-order valence-corrected chi connectivity index (χ3v) is 1.50. The minimum Gasteiger partial charge on any atom is -0.403 e. The molecule has 0 radical (unpaired) electrons. The number of nitrogens with zero attached hydrogens (tertiary/aromatic N) is 1. The van der Waals surface area contributed by atoms with Gasteiger partial charge in [0.1, 0.15) is 0 Å². The van der Waals surface area contributed by atoms with Crippen molar-refractivity contribution in [3.8, 4) is 5.75 Å². The lowest BCUT2D eigenvalue weighted by Gasteiger charge is -2.15. The minimum absolute atomic E-state index is 0.635.